The number of aliphatic hydroxyl groups excluding tert-OH is 2. The van der Waals surface area contributed by atoms with Crippen molar-refractivity contribution in [3.63, 3.8) is 0 Å². The van der Waals surface area contributed by atoms with Gasteiger partial charge in [0.15, 0.2) is 0 Å². The molecule has 0 aliphatic carbocycles. The van der Waals surface area contributed by atoms with Crippen molar-refractivity contribution in [3.05, 3.63) is 24.3 Å². The summed E-state index contributed by atoms with van der Waals surface area (Å²) in [6, 6.07) is -0.696. The Morgan fingerprint density at radius 3 is 1.45 bits per heavy atom. The molecule has 6 nitrogen and oxygen atoms in total. The predicted octanol–water partition coefficient (Wildman–Crippen LogP) is 14.3. The highest BCUT2D eigenvalue weighted by atomic mass is 16.5. The second-order valence-corrected chi connectivity index (χ2v) is 16.8. The average molecular weight is 790 g/mol. The van der Waals surface area contributed by atoms with Crippen molar-refractivity contribution < 1.29 is 24.5 Å². The number of ether oxygens (including phenoxy) is 1. The van der Waals surface area contributed by atoms with Crippen LogP contribution in [0.1, 0.15) is 258 Å². The summed E-state index contributed by atoms with van der Waals surface area (Å²) in [7, 11) is 0. The van der Waals surface area contributed by atoms with Gasteiger partial charge in [-0.1, -0.05) is 218 Å². The van der Waals surface area contributed by atoms with Gasteiger partial charge in [0.25, 0.3) is 0 Å². The zero-order chi connectivity index (χ0) is 41.0. The number of carbonyl (C=O) groups excluding carboxylic acids is 2. The third-order valence-electron chi connectivity index (χ3n) is 11.3. The van der Waals surface area contributed by atoms with Gasteiger partial charge in [0.1, 0.15) is 6.10 Å². The smallest absolute Gasteiger partial charge is 0.306 e. The minimum absolute atomic E-state index is 0.0791. The topological polar surface area (TPSA) is 95.9 Å². The Hall–Kier alpha value is -1.66. The first-order valence-corrected chi connectivity index (χ1v) is 24.6. The summed E-state index contributed by atoms with van der Waals surface area (Å²) < 4.78 is 5.91. The van der Waals surface area contributed by atoms with E-state index in [9.17, 15) is 19.8 Å². The number of hydrogen-bond acceptors (Lipinski definition) is 5. The van der Waals surface area contributed by atoms with Crippen molar-refractivity contribution in [1.29, 1.82) is 0 Å². The summed E-state index contributed by atoms with van der Waals surface area (Å²) in [6.07, 6.45) is 49.5. The second-order valence-electron chi connectivity index (χ2n) is 16.8. The minimum atomic E-state index is -0.783. The summed E-state index contributed by atoms with van der Waals surface area (Å²) in [5.41, 5.74) is 0. The zero-order valence-corrected chi connectivity index (χ0v) is 37.5. The van der Waals surface area contributed by atoms with Crippen LogP contribution in [0, 0.1) is 0 Å². The highest BCUT2D eigenvalue weighted by Gasteiger charge is 2.24. The van der Waals surface area contributed by atoms with Crippen LogP contribution in [0.15, 0.2) is 24.3 Å². The van der Waals surface area contributed by atoms with Crippen LogP contribution in [0.2, 0.25) is 0 Å². The van der Waals surface area contributed by atoms with E-state index in [-0.39, 0.29) is 24.9 Å². The van der Waals surface area contributed by atoms with E-state index >= 15 is 0 Å². The third kappa shape index (κ3) is 39.2. The molecule has 0 aromatic heterocycles. The molecule has 0 fully saturated rings. The van der Waals surface area contributed by atoms with Crippen LogP contribution < -0.4 is 5.32 Å². The van der Waals surface area contributed by atoms with Crippen LogP contribution in [0.25, 0.3) is 0 Å². The SMILES string of the molecule is CC/C=C/C/C=C/CCCCCCCCCC(=O)OC(CCCCCCCCCCCC)CC(=O)NC(CO)C(O)CCCCCCCCCCCCCCC. The molecule has 3 atom stereocenters. The van der Waals surface area contributed by atoms with Gasteiger partial charge in [-0.2, -0.15) is 0 Å². The molecule has 0 saturated carbocycles. The molecule has 0 aromatic rings. The van der Waals surface area contributed by atoms with E-state index in [0.717, 1.165) is 64.2 Å². The van der Waals surface area contributed by atoms with E-state index in [2.05, 4.69) is 50.4 Å². The Bertz CT molecular complexity index is 889. The number of hydrogen-bond donors (Lipinski definition) is 3. The number of allylic oxidation sites excluding steroid dienone is 4. The first-order valence-electron chi connectivity index (χ1n) is 24.6. The van der Waals surface area contributed by atoms with E-state index in [1.54, 1.807) is 0 Å². The van der Waals surface area contributed by atoms with Gasteiger partial charge >= 0.3 is 5.97 Å². The van der Waals surface area contributed by atoms with Crippen molar-refractivity contribution in [2.24, 2.45) is 0 Å². The van der Waals surface area contributed by atoms with Crippen LogP contribution >= 0.6 is 0 Å². The van der Waals surface area contributed by atoms with E-state index < -0.39 is 18.2 Å². The third-order valence-corrected chi connectivity index (χ3v) is 11.3. The molecule has 3 unspecified atom stereocenters. The van der Waals surface area contributed by atoms with E-state index in [4.69, 9.17) is 4.74 Å². The average Bonchev–Trinajstić information content (AvgIpc) is 3.19. The summed E-state index contributed by atoms with van der Waals surface area (Å²) in [5.74, 6) is -0.473. The Labute approximate surface area is 348 Å². The fraction of sp³-hybridized carbons (Fsp3) is 0.880. The number of amides is 1. The fourth-order valence-corrected chi connectivity index (χ4v) is 7.59. The monoisotopic (exact) mass is 790 g/mol. The Balaban J connectivity index is 4.50. The molecule has 0 bridgehead atoms. The lowest BCUT2D eigenvalue weighted by Crippen LogP contribution is -2.46. The molecule has 6 heteroatoms. The fourth-order valence-electron chi connectivity index (χ4n) is 7.59. The molecule has 0 aliphatic rings. The van der Waals surface area contributed by atoms with Crippen molar-refractivity contribution in [3.8, 4) is 0 Å². The standard InChI is InChI=1S/C50H95NO5/c1-4-7-10-13-16-19-22-24-26-28-31-34-37-40-43-50(55)56-46(41-38-35-32-29-21-18-15-12-9-6-3)44-49(54)51-47(45-52)48(53)42-39-36-33-30-27-25-23-20-17-14-11-8-5-2/h7,10,16,19,46-48,52-53H,4-6,8-9,11-15,17-18,20-45H2,1-3H3,(H,51,54)/b10-7+,19-16+. The predicted molar refractivity (Wildman–Crippen MR) is 241 cm³/mol. The highest BCUT2D eigenvalue weighted by Crippen LogP contribution is 2.18. The number of carbonyl (C=O) groups is 2. The largest absolute Gasteiger partial charge is 0.462 e. The number of unbranched alkanes of at least 4 members (excludes halogenated alkanes) is 28. The van der Waals surface area contributed by atoms with Gasteiger partial charge in [0.2, 0.25) is 5.91 Å². The molecule has 0 radical (unpaired) electrons. The van der Waals surface area contributed by atoms with Crippen molar-refractivity contribution in [1.82, 2.24) is 5.32 Å². The highest BCUT2D eigenvalue weighted by molar-refractivity contribution is 5.77. The first-order chi connectivity index (χ1) is 27.5. The Morgan fingerprint density at radius 1 is 0.536 bits per heavy atom. The first kappa shape index (κ1) is 54.3. The lowest BCUT2D eigenvalue weighted by molar-refractivity contribution is -0.151. The van der Waals surface area contributed by atoms with Crippen LogP contribution in [0.3, 0.4) is 0 Å². The molecule has 0 spiro atoms. The van der Waals surface area contributed by atoms with Gasteiger partial charge < -0.3 is 20.3 Å². The Morgan fingerprint density at radius 2 is 0.964 bits per heavy atom. The van der Waals surface area contributed by atoms with Crippen LogP contribution in [-0.2, 0) is 14.3 Å². The summed E-state index contributed by atoms with van der Waals surface area (Å²) in [5, 5.41) is 23.7. The van der Waals surface area contributed by atoms with Gasteiger partial charge in [0.05, 0.1) is 25.2 Å². The summed E-state index contributed by atoms with van der Waals surface area (Å²) in [6.45, 7) is 6.38. The number of rotatable bonds is 44. The molecule has 0 heterocycles. The second kappa shape index (κ2) is 44.4. The molecular formula is C50H95NO5. The van der Waals surface area contributed by atoms with Gasteiger partial charge in [-0.25, -0.2) is 0 Å². The van der Waals surface area contributed by atoms with Crippen LogP contribution in [0.5, 0.6) is 0 Å². The maximum atomic E-state index is 13.1. The molecule has 330 valence electrons. The molecule has 56 heavy (non-hydrogen) atoms. The molecule has 0 aliphatic heterocycles. The maximum Gasteiger partial charge on any atom is 0.306 e. The van der Waals surface area contributed by atoms with E-state index in [1.807, 2.05) is 0 Å². The Kier molecular flexibility index (Phi) is 43.1. The van der Waals surface area contributed by atoms with Gasteiger partial charge in [0, 0.05) is 6.42 Å². The molecule has 0 rings (SSSR count). The summed E-state index contributed by atoms with van der Waals surface area (Å²) in [4.78, 5) is 26.0. The lowest BCUT2D eigenvalue weighted by Gasteiger charge is -2.24. The molecule has 0 aromatic carbocycles. The van der Waals surface area contributed by atoms with Crippen LogP contribution in [0.4, 0.5) is 0 Å². The van der Waals surface area contributed by atoms with Gasteiger partial charge in [-0.15, -0.1) is 0 Å². The maximum absolute atomic E-state index is 13.1. The van der Waals surface area contributed by atoms with Crippen molar-refractivity contribution in [2.75, 3.05) is 6.61 Å². The number of aliphatic hydroxyl groups is 2. The van der Waals surface area contributed by atoms with E-state index in [1.165, 1.54) is 148 Å². The zero-order valence-electron chi connectivity index (χ0n) is 37.5. The van der Waals surface area contributed by atoms with Gasteiger partial charge in [-0.3, -0.25) is 9.59 Å². The van der Waals surface area contributed by atoms with Crippen molar-refractivity contribution in [2.45, 2.75) is 277 Å². The van der Waals surface area contributed by atoms with E-state index in [0.29, 0.717) is 19.3 Å². The lowest BCUT2D eigenvalue weighted by atomic mass is 10.0. The normalized spacial score (nSPS) is 13.4. The number of nitrogens with one attached hydrogen (secondary N) is 1. The van der Waals surface area contributed by atoms with Crippen molar-refractivity contribution >= 4 is 11.9 Å². The van der Waals surface area contributed by atoms with Gasteiger partial charge in [-0.05, 0) is 51.4 Å². The van der Waals surface area contributed by atoms with Crippen LogP contribution in [-0.4, -0.2) is 46.9 Å². The minimum Gasteiger partial charge on any atom is -0.462 e. The molecule has 1 amide bonds. The molecule has 0 saturated heterocycles. The molecular weight excluding hydrogens is 695 g/mol. The number of esters is 1. The quantitative estimate of drug-likeness (QED) is 0.0324. The summed E-state index contributed by atoms with van der Waals surface area (Å²) >= 11 is 0. The molecule has 3 N–H and O–H groups in total.